The molecule has 4 aromatic rings. The molecule has 0 aliphatic heterocycles. The second-order valence-electron chi connectivity index (χ2n) is 6.37. The van der Waals surface area contributed by atoms with Crippen LogP contribution in [0.1, 0.15) is 20.9 Å². The Labute approximate surface area is 164 Å². The van der Waals surface area contributed by atoms with E-state index < -0.39 is 4.92 Å². The van der Waals surface area contributed by atoms with E-state index >= 15 is 0 Å². The van der Waals surface area contributed by atoms with Crippen molar-refractivity contribution in [3.05, 3.63) is 81.0 Å². The molecule has 0 radical (unpaired) electrons. The number of nitro benzene ring substituents is 1. The Morgan fingerprint density at radius 3 is 2.61 bits per heavy atom. The number of carbonyl (C=O) groups excluding carboxylic acids is 1. The number of aryl methyl sites for hydroxylation is 2. The van der Waals surface area contributed by atoms with Gasteiger partial charge in [-0.2, -0.15) is 0 Å². The highest BCUT2D eigenvalue weighted by atomic mass is 32.1. The van der Waals surface area contributed by atoms with Gasteiger partial charge in [0, 0.05) is 29.6 Å². The Morgan fingerprint density at radius 1 is 1.18 bits per heavy atom. The van der Waals surface area contributed by atoms with Gasteiger partial charge in [0.05, 0.1) is 16.3 Å². The summed E-state index contributed by atoms with van der Waals surface area (Å²) in [6, 6.07) is 14.2. The number of nitrogens with one attached hydrogen (secondary N) is 1. The summed E-state index contributed by atoms with van der Waals surface area (Å²) >= 11 is 1.29. The first-order chi connectivity index (χ1) is 13.4. The summed E-state index contributed by atoms with van der Waals surface area (Å²) in [5.74, 6) is -0.308. The van der Waals surface area contributed by atoms with Crippen molar-refractivity contribution in [1.29, 1.82) is 0 Å². The molecule has 1 amide bonds. The van der Waals surface area contributed by atoms with Gasteiger partial charge in [0.2, 0.25) is 0 Å². The number of thiazole rings is 1. The van der Waals surface area contributed by atoms with E-state index in [4.69, 9.17) is 0 Å². The van der Waals surface area contributed by atoms with Gasteiger partial charge in [0.25, 0.3) is 11.6 Å². The molecule has 28 heavy (non-hydrogen) atoms. The predicted octanol–water partition coefficient (Wildman–Crippen LogP) is 4.84. The van der Waals surface area contributed by atoms with E-state index in [0.717, 1.165) is 27.5 Å². The Bertz CT molecular complexity index is 1210. The van der Waals surface area contributed by atoms with Crippen LogP contribution in [0, 0.1) is 24.0 Å². The van der Waals surface area contributed by atoms with Crippen molar-refractivity contribution >= 4 is 33.6 Å². The molecule has 0 bridgehead atoms. The summed E-state index contributed by atoms with van der Waals surface area (Å²) in [6.45, 7) is 3.65. The van der Waals surface area contributed by atoms with Crippen molar-refractivity contribution < 1.29 is 9.72 Å². The Balaban J connectivity index is 1.65. The largest absolute Gasteiger partial charge is 0.321 e. The second-order valence-corrected chi connectivity index (χ2v) is 7.35. The van der Waals surface area contributed by atoms with Gasteiger partial charge in [-0.3, -0.25) is 19.3 Å². The maximum absolute atomic E-state index is 12.8. The molecule has 0 fully saturated rings. The summed E-state index contributed by atoms with van der Waals surface area (Å²) in [5.41, 5.74) is 3.74. The van der Waals surface area contributed by atoms with Crippen LogP contribution >= 0.6 is 11.3 Å². The predicted molar refractivity (Wildman–Crippen MR) is 109 cm³/mol. The lowest BCUT2D eigenvalue weighted by molar-refractivity contribution is -0.384. The zero-order valence-corrected chi connectivity index (χ0v) is 16.0. The third kappa shape index (κ3) is 3.14. The lowest BCUT2D eigenvalue weighted by Gasteiger charge is -2.07. The van der Waals surface area contributed by atoms with E-state index in [2.05, 4.69) is 10.3 Å². The summed E-state index contributed by atoms with van der Waals surface area (Å²) in [7, 11) is 0. The van der Waals surface area contributed by atoms with Crippen molar-refractivity contribution in [2.75, 3.05) is 5.32 Å². The Hall–Kier alpha value is -3.52. The van der Waals surface area contributed by atoms with Crippen molar-refractivity contribution in [2.24, 2.45) is 0 Å². The molecule has 0 saturated carbocycles. The average Bonchev–Trinajstić information content (AvgIpc) is 3.24. The summed E-state index contributed by atoms with van der Waals surface area (Å²) in [4.78, 5) is 29.1. The lowest BCUT2D eigenvalue weighted by atomic mass is 10.1. The summed E-state index contributed by atoms with van der Waals surface area (Å²) < 4.78 is 1.89. The van der Waals surface area contributed by atoms with Gasteiger partial charge >= 0.3 is 0 Å². The minimum absolute atomic E-state index is 0.0638. The first-order valence-electron chi connectivity index (χ1n) is 8.54. The number of nitro groups is 1. The summed E-state index contributed by atoms with van der Waals surface area (Å²) in [6.07, 6.45) is 1.91. The molecule has 7 nitrogen and oxygen atoms in total. The molecule has 2 heterocycles. The minimum Gasteiger partial charge on any atom is -0.321 e. The third-order valence-electron chi connectivity index (χ3n) is 4.51. The highest BCUT2D eigenvalue weighted by Gasteiger charge is 2.19. The van der Waals surface area contributed by atoms with E-state index in [0.29, 0.717) is 10.6 Å². The Morgan fingerprint density at radius 2 is 1.93 bits per heavy atom. The smallest absolute Gasteiger partial charge is 0.271 e. The van der Waals surface area contributed by atoms with Gasteiger partial charge in [-0.25, -0.2) is 4.98 Å². The molecule has 2 aromatic heterocycles. The van der Waals surface area contributed by atoms with Crippen LogP contribution in [0.3, 0.4) is 0 Å². The number of amides is 1. The number of aromatic nitrogens is 2. The third-order valence-corrected chi connectivity index (χ3v) is 5.67. The minimum atomic E-state index is -0.481. The fourth-order valence-corrected chi connectivity index (χ4v) is 3.95. The van der Waals surface area contributed by atoms with E-state index in [9.17, 15) is 14.9 Å². The van der Waals surface area contributed by atoms with Gasteiger partial charge in [0.1, 0.15) is 4.88 Å². The molecule has 140 valence electrons. The van der Waals surface area contributed by atoms with Crippen molar-refractivity contribution in [2.45, 2.75) is 13.8 Å². The van der Waals surface area contributed by atoms with Crippen LogP contribution in [0.25, 0.3) is 16.2 Å². The monoisotopic (exact) mass is 392 g/mol. The normalized spacial score (nSPS) is 10.9. The van der Waals surface area contributed by atoms with Crippen LogP contribution < -0.4 is 5.32 Å². The Kier molecular flexibility index (Phi) is 4.40. The van der Waals surface area contributed by atoms with Gasteiger partial charge < -0.3 is 5.32 Å². The number of rotatable bonds is 4. The molecule has 0 aliphatic rings. The second kappa shape index (κ2) is 6.90. The van der Waals surface area contributed by atoms with Crippen LogP contribution in [-0.4, -0.2) is 20.2 Å². The first kappa shape index (κ1) is 17.9. The number of anilines is 1. The maximum atomic E-state index is 12.8. The van der Waals surface area contributed by atoms with Crippen LogP contribution in [-0.2, 0) is 0 Å². The van der Waals surface area contributed by atoms with Crippen LogP contribution in [0.4, 0.5) is 11.4 Å². The topological polar surface area (TPSA) is 89.5 Å². The number of non-ortho nitro benzene ring substituents is 1. The maximum Gasteiger partial charge on any atom is 0.271 e. The molecule has 0 spiro atoms. The van der Waals surface area contributed by atoms with E-state index in [1.165, 1.54) is 23.5 Å². The van der Waals surface area contributed by atoms with E-state index in [1.807, 2.05) is 47.9 Å². The number of nitrogens with zero attached hydrogens (tertiary/aromatic N) is 3. The van der Waals surface area contributed by atoms with Crippen molar-refractivity contribution in [1.82, 2.24) is 9.38 Å². The SMILES string of the molecule is Cc1ccc([N+](=O)[O-])cc1NC(=O)c1sc2nc(-c3ccccc3)cn2c1C. The fraction of sp³-hybridized carbons (Fsp3) is 0.100. The first-order valence-corrected chi connectivity index (χ1v) is 9.36. The molecule has 8 heteroatoms. The van der Waals surface area contributed by atoms with Gasteiger partial charge in [-0.05, 0) is 19.4 Å². The fourth-order valence-electron chi connectivity index (χ4n) is 2.95. The number of fused-ring (bicyclic) bond motifs is 1. The van der Waals surface area contributed by atoms with Crippen LogP contribution in [0.2, 0.25) is 0 Å². The number of imidazole rings is 1. The number of hydrogen-bond acceptors (Lipinski definition) is 5. The molecule has 0 atom stereocenters. The molecule has 4 rings (SSSR count). The molecule has 2 aromatic carbocycles. The summed E-state index contributed by atoms with van der Waals surface area (Å²) in [5, 5.41) is 13.8. The van der Waals surface area contributed by atoms with E-state index in [1.54, 1.807) is 13.0 Å². The zero-order valence-electron chi connectivity index (χ0n) is 15.2. The van der Waals surface area contributed by atoms with E-state index in [-0.39, 0.29) is 11.6 Å². The highest BCUT2D eigenvalue weighted by molar-refractivity contribution is 7.19. The molecular weight excluding hydrogens is 376 g/mol. The van der Waals surface area contributed by atoms with Crippen LogP contribution in [0.5, 0.6) is 0 Å². The van der Waals surface area contributed by atoms with Crippen molar-refractivity contribution in [3.8, 4) is 11.3 Å². The number of benzene rings is 2. The molecule has 1 N–H and O–H groups in total. The lowest BCUT2D eigenvalue weighted by Crippen LogP contribution is -2.13. The molecule has 0 unspecified atom stereocenters. The van der Waals surface area contributed by atoms with Gasteiger partial charge in [0.15, 0.2) is 4.96 Å². The highest BCUT2D eigenvalue weighted by Crippen LogP contribution is 2.29. The average molecular weight is 392 g/mol. The zero-order chi connectivity index (χ0) is 19.8. The molecule has 0 saturated heterocycles. The number of carbonyl (C=O) groups is 1. The molecule has 0 aliphatic carbocycles. The van der Waals surface area contributed by atoms with Gasteiger partial charge in [-0.15, -0.1) is 0 Å². The van der Waals surface area contributed by atoms with Crippen LogP contribution in [0.15, 0.2) is 54.7 Å². The van der Waals surface area contributed by atoms with Gasteiger partial charge in [-0.1, -0.05) is 47.7 Å². The quantitative estimate of drug-likeness (QED) is 0.397. The number of hydrogen-bond donors (Lipinski definition) is 1. The van der Waals surface area contributed by atoms with Crippen molar-refractivity contribution in [3.63, 3.8) is 0 Å². The molecular formula is C20H16N4O3S. The standard InChI is InChI=1S/C20H16N4O3S/c1-12-8-9-15(24(26)27)10-16(12)21-19(25)18-13(2)23-11-17(22-20(23)28-18)14-6-4-3-5-7-14/h3-11H,1-2H3,(H,21,25).